The lowest BCUT2D eigenvalue weighted by Gasteiger charge is -2.44. The van der Waals surface area contributed by atoms with Gasteiger partial charge < -0.3 is 30.6 Å². The van der Waals surface area contributed by atoms with E-state index < -0.39 is 24.8 Å². The van der Waals surface area contributed by atoms with Crippen LogP contribution in [0.25, 0.3) is 0 Å². The van der Waals surface area contributed by atoms with Gasteiger partial charge in [0.25, 0.3) is 0 Å². The van der Waals surface area contributed by atoms with Crippen LogP contribution in [-0.2, 0) is 0 Å². The molecule has 6 N–H and O–H groups in total. The minimum atomic E-state index is -2.40. The third-order valence-electron chi connectivity index (χ3n) is 5.06. The Hall–Kier alpha value is 0.620. The molecule has 0 saturated heterocycles. The second-order valence-electron chi connectivity index (χ2n) is 6.94. The zero-order chi connectivity index (χ0) is 16.9. The molecule has 0 fully saturated rings. The molecule has 0 saturated carbocycles. The minimum absolute atomic E-state index is 0.258. The minimum Gasteiger partial charge on any atom is -0.361 e. The monoisotopic (exact) mass is 346 g/mol. The summed E-state index contributed by atoms with van der Waals surface area (Å²) in [5.74, 6) is 0. The number of hydrogen-bond donors (Lipinski definition) is 6. The summed E-state index contributed by atoms with van der Waals surface area (Å²) in [6, 6.07) is 0. The van der Waals surface area contributed by atoms with Crippen molar-refractivity contribution < 1.29 is 30.6 Å². The lowest BCUT2D eigenvalue weighted by Crippen LogP contribution is -2.41. The first-order chi connectivity index (χ1) is 9.57. The van der Waals surface area contributed by atoms with Gasteiger partial charge in [0.05, 0.1) is 24.8 Å². The molecule has 0 spiro atoms. The number of aliphatic hydroxyl groups is 6. The third kappa shape index (κ3) is 3.94. The highest BCUT2D eigenvalue weighted by Crippen LogP contribution is 2.74. The van der Waals surface area contributed by atoms with Gasteiger partial charge in [-0.1, -0.05) is 0 Å². The molecular formula is C13H32O6P2+2. The highest BCUT2D eigenvalue weighted by Gasteiger charge is 2.60. The second-order valence-corrected chi connectivity index (χ2v) is 15.6. The molecule has 6 nitrogen and oxygen atoms in total. The zero-order valence-corrected chi connectivity index (χ0v) is 15.3. The van der Waals surface area contributed by atoms with Gasteiger partial charge in [0, 0.05) is 6.42 Å². The summed E-state index contributed by atoms with van der Waals surface area (Å²) in [4.78, 5) is 0. The van der Waals surface area contributed by atoms with Crippen LogP contribution in [0.5, 0.6) is 0 Å². The Morgan fingerprint density at radius 2 is 0.714 bits per heavy atom. The Balaban J connectivity index is 5.59. The summed E-state index contributed by atoms with van der Waals surface area (Å²) < 4.78 is 0. The molecule has 128 valence electrons. The zero-order valence-electron chi connectivity index (χ0n) is 13.5. The van der Waals surface area contributed by atoms with Crippen LogP contribution in [0.15, 0.2) is 0 Å². The van der Waals surface area contributed by atoms with E-state index in [9.17, 15) is 30.6 Å². The van der Waals surface area contributed by atoms with E-state index in [2.05, 4.69) is 0 Å². The predicted molar refractivity (Wildman–Crippen MR) is 89.1 cm³/mol. The molecule has 0 amide bonds. The number of hydrogen-bond acceptors (Lipinski definition) is 6. The molecular weight excluding hydrogens is 314 g/mol. The molecule has 0 aromatic rings. The van der Waals surface area contributed by atoms with Crippen molar-refractivity contribution >= 4 is 14.5 Å². The Morgan fingerprint density at radius 1 is 0.524 bits per heavy atom. The van der Waals surface area contributed by atoms with Crippen molar-refractivity contribution in [3.63, 3.8) is 0 Å². The highest BCUT2D eigenvalue weighted by atomic mass is 31.2. The Labute approximate surface area is 128 Å². The Kier molecular flexibility index (Phi) is 8.17. The van der Waals surface area contributed by atoms with Gasteiger partial charge >= 0.3 is 0 Å². The van der Waals surface area contributed by atoms with Gasteiger partial charge in [-0.05, 0) is 27.7 Å². The number of aliphatic hydroxyl groups excluding tert-OH is 6. The molecule has 0 unspecified atom stereocenters. The molecule has 0 bridgehead atoms. The fourth-order valence-electron chi connectivity index (χ4n) is 2.81. The summed E-state index contributed by atoms with van der Waals surface area (Å²) in [6.45, 7) is 7.52. The molecule has 0 aliphatic rings. The van der Waals surface area contributed by atoms with E-state index >= 15 is 0 Å². The van der Waals surface area contributed by atoms with Gasteiger partial charge in [-0.2, -0.15) is 0 Å². The van der Waals surface area contributed by atoms with E-state index in [-0.39, 0.29) is 38.1 Å². The average Bonchev–Trinajstić information content (AvgIpc) is 2.42. The Morgan fingerprint density at radius 3 is 0.857 bits per heavy atom. The van der Waals surface area contributed by atoms with Crippen LogP contribution in [-0.4, -0.2) is 79.0 Å². The van der Waals surface area contributed by atoms with Crippen molar-refractivity contribution in [1.29, 1.82) is 0 Å². The van der Waals surface area contributed by atoms with Crippen LogP contribution >= 0.6 is 14.5 Å². The van der Waals surface area contributed by atoms with Gasteiger partial charge in [-0.15, -0.1) is 0 Å². The molecule has 8 heteroatoms. The highest BCUT2D eigenvalue weighted by molar-refractivity contribution is 7.77. The van der Waals surface area contributed by atoms with Crippen molar-refractivity contribution in [2.24, 2.45) is 0 Å². The standard InChI is InChI=1S/C13H32O6P2/c1-12(2,20(6-14,7-15)8-16)5-13(3,4)21(9-17,10-18)11-19/h14-19H,5-11H2,1-4H3/q+2. The largest absolute Gasteiger partial charge is 0.361 e. The van der Waals surface area contributed by atoms with Gasteiger partial charge in [-0.3, -0.25) is 0 Å². The second kappa shape index (κ2) is 7.94. The molecule has 21 heavy (non-hydrogen) atoms. The first-order valence-electron chi connectivity index (χ1n) is 6.95. The van der Waals surface area contributed by atoms with E-state index in [0.717, 1.165) is 0 Å². The van der Waals surface area contributed by atoms with E-state index in [4.69, 9.17) is 0 Å². The molecule has 0 aliphatic carbocycles. The van der Waals surface area contributed by atoms with Crippen LogP contribution in [0.2, 0.25) is 0 Å². The maximum absolute atomic E-state index is 9.67. The molecule has 0 radical (unpaired) electrons. The maximum atomic E-state index is 9.67. The van der Waals surface area contributed by atoms with Gasteiger partial charge in [0.15, 0.2) is 38.1 Å². The van der Waals surface area contributed by atoms with Crippen molar-refractivity contribution in [2.45, 2.75) is 44.4 Å². The molecule has 0 rings (SSSR count). The maximum Gasteiger partial charge on any atom is 0.159 e. The molecule has 0 aliphatic heterocycles. The van der Waals surface area contributed by atoms with Crippen LogP contribution in [0, 0.1) is 0 Å². The fraction of sp³-hybridized carbons (Fsp3) is 1.00. The quantitative estimate of drug-likeness (QED) is 0.323. The topological polar surface area (TPSA) is 121 Å². The van der Waals surface area contributed by atoms with E-state index in [1.807, 2.05) is 27.7 Å². The predicted octanol–water partition coefficient (Wildman–Crippen LogP) is 0.668. The summed E-state index contributed by atoms with van der Waals surface area (Å²) in [6.07, 6.45) is -1.07. The van der Waals surface area contributed by atoms with Crippen molar-refractivity contribution in [3.8, 4) is 0 Å². The van der Waals surface area contributed by atoms with E-state index in [1.165, 1.54) is 0 Å². The van der Waals surface area contributed by atoms with Crippen LogP contribution < -0.4 is 0 Å². The molecule has 0 aromatic carbocycles. The smallest absolute Gasteiger partial charge is 0.159 e. The van der Waals surface area contributed by atoms with Crippen molar-refractivity contribution in [2.75, 3.05) is 38.1 Å². The summed E-state index contributed by atoms with van der Waals surface area (Å²) >= 11 is 0. The lowest BCUT2D eigenvalue weighted by molar-refractivity contribution is 0.291. The normalized spacial score (nSPS) is 14.6. The molecule has 0 atom stereocenters. The van der Waals surface area contributed by atoms with Gasteiger partial charge in [0.2, 0.25) is 0 Å². The lowest BCUT2D eigenvalue weighted by atomic mass is 9.99. The van der Waals surface area contributed by atoms with Crippen LogP contribution in [0.1, 0.15) is 34.1 Å². The van der Waals surface area contributed by atoms with Gasteiger partial charge in [-0.25, -0.2) is 0 Å². The summed E-state index contributed by atoms with van der Waals surface area (Å²) in [7, 11) is -4.80. The van der Waals surface area contributed by atoms with Crippen molar-refractivity contribution in [1.82, 2.24) is 0 Å². The van der Waals surface area contributed by atoms with Crippen molar-refractivity contribution in [3.05, 3.63) is 0 Å². The third-order valence-corrected chi connectivity index (χ3v) is 13.8. The fourth-order valence-corrected chi connectivity index (χ4v) is 7.23. The Bertz CT molecular complexity index is 267. The molecule has 0 aromatic heterocycles. The van der Waals surface area contributed by atoms with Crippen LogP contribution in [0.4, 0.5) is 0 Å². The summed E-state index contributed by atoms with van der Waals surface area (Å²) in [5.41, 5.74) is 0. The van der Waals surface area contributed by atoms with E-state index in [0.29, 0.717) is 6.42 Å². The van der Waals surface area contributed by atoms with E-state index in [1.54, 1.807) is 0 Å². The number of rotatable bonds is 10. The average molecular weight is 346 g/mol. The SMILES string of the molecule is CC(C)(CC(C)(C)[P+](CO)(CO)CO)[P+](CO)(CO)CO. The summed E-state index contributed by atoms with van der Waals surface area (Å²) in [5, 5.41) is 57.0. The van der Waals surface area contributed by atoms with Crippen LogP contribution in [0.3, 0.4) is 0 Å². The first kappa shape index (κ1) is 21.6. The first-order valence-corrected chi connectivity index (χ1v) is 11.6. The molecule has 0 heterocycles. The van der Waals surface area contributed by atoms with Gasteiger partial charge in [0.1, 0.15) is 0 Å².